The number of piperidine rings is 1. The van der Waals surface area contributed by atoms with Gasteiger partial charge in [0.05, 0.1) is 24.1 Å². The van der Waals surface area contributed by atoms with E-state index < -0.39 is 0 Å². The summed E-state index contributed by atoms with van der Waals surface area (Å²) in [6, 6.07) is 0. The highest BCUT2D eigenvalue weighted by Gasteiger charge is 2.34. The van der Waals surface area contributed by atoms with Gasteiger partial charge in [-0.15, -0.1) is 0 Å². The van der Waals surface area contributed by atoms with E-state index in [0.29, 0.717) is 13.0 Å². The number of carbonyl (C=O) groups is 1. The third-order valence-corrected chi connectivity index (χ3v) is 4.36. The first kappa shape index (κ1) is 16.7. The van der Waals surface area contributed by atoms with E-state index >= 15 is 0 Å². The van der Waals surface area contributed by atoms with Gasteiger partial charge in [-0.2, -0.15) is 0 Å². The second kappa shape index (κ2) is 7.03. The summed E-state index contributed by atoms with van der Waals surface area (Å²) in [5.41, 5.74) is 3.34. The Morgan fingerprint density at radius 1 is 1.36 bits per heavy atom. The van der Waals surface area contributed by atoms with Crippen LogP contribution >= 0.6 is 0 Å². The number of carbonyl (C=O) groups excluding carboxylic acids is 1. The molecular weight excluding hydrogens is 274 g/mol. The quantitative estimate of drug-likeness (QED) is 0.780. The van der Waals surface area contributed by atoms with Crippen LogP contribution in [0, 0.1) is 12.3 Å². The van der Waals surface area contributed by atoms with Gasteiger partial charge in [0, 0.05) is 19.2 Å². The summed E-state index contributed by atoms with van der Waals surface area (Å²) >= 11 is 0. The Labute approximate surface area is 133 Å². The van der Waals surface area contributed by atoms with E-state index in [1.165, 1.54) is 5.57 Å². The average Bonchev–Trinajstić information content (AvgIpc) is 2.45. The number of nitrogens with zero attached hydrogens (tertiary/aromatic N) is 3. The minimum Gasteiger partial charge on any atom is -0.336 e. The Balaban J connectivity index is 1.99. The molecule has 120 valence electrons. The Kier molecular flexibility index (Phi) is 5.33. The van der Waals surface area contributed by atoms with Crippen molar-refractivity contribution in [3.8, 4) is 0 Å². The topological polar surface area (TPSA) is 46.1 Å². The molecule has 1 amide bonds. The van der Waals surface area contributed by atoms with E-state index in [4.69, 9.17) is 0 Å². The van der Waals surface area contributed by atoms with Crippen LogP contribution in [0.2, 0.25) is 0 Å². The summed E-state index contributed by atoms with van der Waals surface area (Å²) in [4.78, 5) is 22.8. The van der Waals surface area contributed by atoms with E-state index in [1.807, 2.05) is 11.8 Å². The predicted molar refractivity (Wildman–Crippen MR) is 88.2 cm³/mol. The van der Waals surface area contributed by atoms with Crippen LogP contribution in [0.1, 0.15) is 57.8 Å². The fraction of sp³-hybridized carbons (Fsp3) is 0.611. The summed E-state index contributed by atoms with van der Waals surface area (Å²) in [5, 5.41) is 0. The molecule has 1 aromatic heterocycles. The van der Waals surface area contributed by atoms with Gasteiger partial charge in [-0.05, 0) is 45.4 Å². The number of allylic oxidation sites excluding steroid dienone is 2. The Morgan fingerprint density at radius 2 is 2.14 bits per heavy atom. The lowest BCUT2D eigenvalue weighted by molar-refractivity contribution is -0.138. The van der Waals surface area contributed by atoms with Crippen LogP contribution in [0.3, 0.4) is 0 Å². The lowest BCUT2D eigenvalue weighted by Crippen LogP contribution is -2.44. The van der Waals surface area contributed by atoms with Gasteiger partial charge in [0.25, 0.3) is 0 Å². The molecule has 1 aromatic rings. The Hall–Kier alpha value is -1.71. The van der Waals surface area contributed by atoms with Crippen LogP contribution in [0.15, 0.2) is 24.0 Å². The first-order valence-electron chi connectivity index (χ1n) is 8.07. The van der Waals surface area contributed by atoms with Crippen molar-refractivity contribution in [1.82, 2.24) is 14.9 Å². The maximum atomic E-state index is 12.2. The standard InChI is InChI=1S/C18H27N3O/c1-14(2)6-5-8-18(4)9-7-17(22)21(13-18)12-16-11-19-15(3)10-20-16/h6,10-11H,5,7-9,12-13H2,1-4H3/t18-/m1/s1. The minimum absolute atomic E-state index is 0.206. The molecule has 1 atom stereocenters. The van der Waals surface area contributed by atoms with Crippen molar-refractivity contribution in [2.45, 2.75) is 59.9 Å². The number of amides is 1. The van der Waals surface area contributed by atoms with Crippen LogP contribution in [0.25, 0.3) is 0 Å². The summed E-state index contributed by atoms with van der Waals surface area (Å²) in [5.74, 6) is 0.238. The lowest BCUT2D eigenvalue weighted by Gasteiger charge is -2.40. The largest absolute Gasteiger partial charge is 0.336 e. The molecule has 1 saturated heterocycles. The normalized spacial score (nSPS) is 21.8. The highest BCUT2D eigenvalue weighted by atomic mass is 16.2. The van der Waals surface area contributed by atoms with E-state index in [-0.39, 0.29) is 11.3 Å². The number of hydrogen-bond donors (Lipinski definition) is 0. The molecule has 4 nitrogen and oxygen atoms in total. The first-order valence-corrected chi connectivity index (χ1v) is 8.07. The molecule has 0 N–H and O–H groups in total. The molecule has 0 aliphatic carbocycles. The SMILES string of the molecule is CC(C)=CCC[C@]1(C)CCC(=O)N(Cc2cnc(C)cn2)C1. The van der Waals surface area contributed by atoms with Gasteiger partial charge >= 0.3 is 0 Å². The van der Waals surface area contributed by atoms with Crippen molar-refractivity contribution in [3.05, 3.63) is 35.4 Å². The Morgan fingerprint density at radius 3 is 2.77 bits per heavy atom. The molecule has 1 aliphatic heterocycles. The minimum atomic E-state index is 0.206. The van der Waals surface area contributed by atoms with Crippen molar-refractivity contribution in [2.75, 3.05) is 6.54 Å². The van der Waals surface area contributed by atoms with Gasteiger partial charge < -0.3 is 4.90 Å². The van der Waals surface area contributed by atoms with Gasteiger partial charge in [0.2, 0.25) is 5.91 Å². The molecule has 1 fully saturated rings. The summed E-state index contributed by atoms with van der Waals surface area (Å²) in [6.07, 6.45) is 9.67. The van der Waals surface area contributed by atoms with E-state index in [9.17, 15) is 4.79 Å². The maximum Gasteiger partial charge on any atom is 0.222 e. The highest BCUT2D eigenvalue weighted by molar-refractivity contribution is 5.77. The van der Waals surface area contributed by atoms with Crippen LogP contribution in [-0.4, -0.2) is 27.3 Å². The fourth-order valence-corrected chi connectivity index (χ4v) is 2.95. The van der Waals surface area contributed by atoms with Gasteiger partial charge in [-0.25, -0.2) is 0 Å². The van der Waals surface area contributed by atoms with Gasteiger partial charge in [0.15, 0.2) is 0 Å². The van der Waals surface area contributed by atoms with Gasteiger partial charge in [-0.3, -0.25) is 14.8 Å². The molecule has 2 rings (SSSR count). The number of rotatable bonds is 5. The van der Waals surface area contributed by atoms with Crippen molar-refractivity contribution in [3.63, 3.8) is 0 Å². The van der Waals surface area contributed by atoms with Crippen LogP contribution in [0.4, 0.5) is 0 Å². The van der Waals surface area contributed by atoms with Crippen LogP contribution in [0.5, 0.6) is 0 Å². The van der Waals surface area contributed by atoms with Gasteiger partial charge in [-0.1, -0.05) is 18.6 Å². The predicted octanol–water partition coefficient (Wildman–Crippen LogP) is 3.66. The van der Waals surface area contributed by atoms with Crippen molar-refractivity contribution in [2.24, 2.45) is 5.41 Å². The van der Waals surface area contributed by atoms with Crippen molar-refractivity contribution in [1.29, 1.82) is 0 Å². The maximum absolute atomic E-state index is 12.2. The third kappa shape index (κ3) is 4.65. The number of aromatic nitrogens is 2. The van der Waals surface area contributed by atoms with Crippen LogP contribution in [-0.2, 0) is 11.3 Å². The van der Waals surface area contributed by atoms with E-state index in [1.54, 1.807) is 12.4 Å². The Bertz CT molecular complexity index is 546. The molecule has 0 saturated carbocycles. The molecule has 0 spiro atoms. The molecular formula is C18H27N3O. The zero-order valence-electron chi connectivity index (χ0n) is 14.2. The average molecular weight is 301 g/mol. The molecule has 4 heteroatoms. The molecule has 22 heavy (non-hydrogen) atoms. The molecule has 0 aromatic carbocycles. The molecule has 2 heterocycles. The number of hydrogen-bond acceptors (Lipinski definition) is 3. The second-order valence-electron chi connectivity index (χ2n) is 7.03. The molecule has 0 radical (unpaired) electrons. The van der Waals surface area contributed by atoms with Crippen molar-refractivity contribution < 1.29 is 4.79 Å². The fourth-order valence-electron chi connectivity index (χ4n) is 2.95. The van der Waals surface area contributed by atoms with E-state index in [0.717, 1.165) is 37.2 Å². The van der Waals surface area contributed by atoms with Crippen molar-refractivity contribution >= 4 is 5.91 Å². The van der Waals surface area contributed by atoms with Gasteiger partial charge in [0.1, 0.15) is 0 Å². The first-order chi connectivity index (χ1) is 10.4. The van der Waals surface area contributed by atoms with Crippen LogP contribution < -0.4 is 0 Å². The monoisotopic (exact) mass is 301 g/mol. The zero-order chi connectivity index (χ0) is 16.2. The molecule has 0 bridgehead atoms. The summed E-state index contributed by atoms with van der Waals surface area (Å²) < 4.78 is 0. The second-order valence-corrected chi connectivity index (χ2v) is 7.03. The highest BCUT2D eigenvalue weighted by Crippen LogP contribution is 2.35. The zero-order valence-corrected chi connectivity index (χ0v) is 14.2. The van der Waals surface area contributed by atoms with E-state index in [2.05, 4.69) is 36.8 Å². The summed E-state index contributed by atoms with van der Waals surface area (Å²) in [6.45, 7) is 9.88. The molecule has 0 unspecified atom stereocenters. The number of likely N-dealkylation sites (tertiary alicyclic amines) is 1. The lowest BCUT2D eigenvalue weighted by atomic mass is 9.77. The smallest absolute Gasteiger partial charge is 0.222 e. The third-order valence-electron chi connectivity index (χ3n) is 4.36. The number of aryl methyl sites for hydroxylation is 1. The molecule has 1 aliphatic rings. The summed E-state index contributed by atoms with van der Waals surface area (Å²) in [7, 11) is 0.